The van der Waals surface area contributed by atoms with Gasteiger partial charge in [-0.3, -0.25) is 4.79 Å². The van der Waals surface area contributed by atoms with Crippen molar-refractivity contribution in [2.24, 2.45) is 0 Å². The molecule has 9 heteroatoms. The van der Waals surface area contributed by atoms with Crippen molar-refractivity contribution >= 4 is 22.9 Å². The maximum atomic E-state index is 10.8. The quantitative estimate of drug-likeness (QED) is 0.496. The van der Waals surface area contributed by atoms with E-state index in [0.29, 0.717) is 28.5 Å². The van der Waals surface area contributed by atoms with Crippen LogP contribution in [0.25, 0.3) is 33.8 Å². The van der Waals surface area contributed by atoms with E-state index in [0.717, 1.165) is 11.1 Å². The van der Waals surface area contributed by atoms with Crippen LogP contribution in [0.15, 0.2) is 47.1 Å². The number of carbonyl (C=O) groups is 1. The molecule has 0 radical (unpaired) electrons. The number of nitrogens with zero attached hydrogens (tertiary/aromatic N) is 5. The Morgan fingerprint density at radius 1 is 1.23 bits per heavy atom. The summed E-state index contributed by atoms with van der Waals surface area (Å²) in [5, 5.41) is 20.7. The molecule has 0 aliphatic carbocycles. The molecule has 4 rings (SSSR count). The number of oxazole rings is 1. The Balaban J connectivity index is 1.75. The van der Waals surface area contributed by atoms with E-state index in [1.165, 1.54) is 4.80 Å². The maximum absolute atomic E-state index is 10.8. The Bertz CT molecular complexity index is 1170. The molecule has 0 bridgehead atoms. The van der Waals surface area contributed by atoms with Crippen LogP contribution in [-0.4, -0.2) is 41.6 Å². The van der Waals surface area contributed by atoms with Gasteiger partial charge >= 0.3 is 5.97 Å². The van der Waals surface area contributed by atoms with Gasteiger partial charge in [0.15, 0.2) is 5.58 Å². The molecule has 9 nitrogen and oxygen atoms in total. The van der Waals surface area contributed by atoms with E-state index in [4.69, 9.17) is 9.52 Å². The largest absolute Gasteiger partial charge is 0.481 e. The Hall–Kier alpha value is -3.75. The van der Waals surface area contributed by atoms with Crippen LogP contribution in [-0.2, 0) is 11.3 Å². The number of anilines is 1. The molecule has 0 fully saturated rings. The molecule has 30 heavy (non-hydrogen) atoms. The third-order valence-electron chi connectivity index (χ3n) is 4.26. The lowest BCUT2D eigenvalue weighted by atomic mass is 10.1. The zero-order valence-corrected chi connectivity index (χ0v) is 17.0. The Morgan fingerprint density at radius 3 is 2.77 bits per heavy atom. The number of carboxylic acid groups (broad SMARTS) is 1. The minimum Gasteiger partial charge on any atom is -0.481 e. The fourth-order valence-corrected chi connectivity index (χ4v) is 2.94. The normalized spacial score (nSPS) is 11.7. The van der Waals surface area contributed by atoms with Crippen molar-refractivity contribution in [2.75, 3.05) is 5.32 Å². The van der Waals surface area contributed by atoms with E-state index in [1.54, 1.807) is 12.4 Å². The highest BCUT2D eigenvalue weighted by Gasteiger charge is 2.20. The van der Waals surface area contributed by atoms with Crippen LogP contribution in [0.3, 0.4) is 0 Å². The molecule has 0 spiro atoms. The van der Waals surface area contributed by atoms with Gasteiger partial charge in [0.1, 0.15) is 17.0 Å². The molecule has 1 aromatic carbocycles. The van der Waals surface area contributed by atoms with Gasteiger partial charge in [-0.1, -0.05) is 12.1 Å². The predicted octanol–water partition coefficient (Wildman–Crippen LogP) is 3.83. The SMILES string of the molecule is CC(C)(C)Nc1ncc(-c2cnn(CCC(=O)O)n2)cc1-c1nc2ccccc2o1. The summed E-state index contributed by atoms with van der Waals surface area (Å²) in [7, 11) is 0. The zero-order valence-electron chi connectivity index (χ0n) is 17.0. The summed E-state index contributed by atoms with van der Waals surface area (Å²) < 4.78 is 5.97. The Labute approximate surface area is 172 Å². The summed E-state index contributed by atoms with van der Waals surface area (Å²) in [5.41, 5.74) is 3.27. The van der Waals surface area contributed by atoms with Crippen LogP contribution in [0.4, 0.5) is 5.82 Å². The first-order valence-electron chi connectivity index (χ1n) is 9.55. The van der Waals surface area contributed by atoms with Crippen molar-refractivity contribution in [1.82, 2.24) is 25.0 Å². The fourth-order valence-electron chi connectivity index (χ4n) is 2.94. The lowest BCUT2D eigenvalue weighted by Gasteiger charge is -2.22. The molecular weight excluding hydrogens is 384 g/mol. The molecule has 0 saturated carbocycles. The number of aromatic nitrogens is 5. The molecule has 2 N–H and O–H groups in total. The number of pyridine rings is 1. The van der Waals surface area contributed by atoms with Gasteiger partial charge in [-0.25, -0.2) is 9.97 Å². The van der Waals surface area contributed by atoms with Crippen LogP contribution in [0.1, 0.15) is 27.2 Å². The topological polar surface area (TPSA) is 119 Å². The number of nitrogens with one attached hydrogen (secondary N) is 1. The van der Waals surface area contributed by atoms with Crippen LogP contribution >= 0.6 is 0 Å². The van der Waals surface area contributed by atoms with Gasteiger partial charge in [0, 0.05) is 17.3 Å². The van der Waals surface area contributed by atoms with Crippen LogP contribution in [0.2, 0.25) is 0 Å². The molecule has 3 heterocycles. The number of hydrogen-bond donors (Lipinski definition) is 2. The maximum Gasteiger partial charge on any atom is 0.305 e. The number of rotatable bonds is 6. The van der Waals surface area contributed by atoms with E-state index in [-0.39, 0.29) is 18.5 Å². The van der Waals surface area contributed by atoms with Crippen molar-refractivity contribution in [3.8, 4) is 22.7 Å². The number of para-hydroxylation sites is 2. The van der Waals surface area contributed by atoms with Crippen LogP contribution in [0.5, 0.6) is 0 Å². The van der Waals surface area contributed by atoms with Crippen LogP contribution < -0.4 is 5.32 Å². The molecule has 0 amide bonds. The third kappa shape index (κ3) is 4.29. The molecule has 0 aliphatic rings. The highest BCUT2D eigenvalue weighted by Crippen LogP contribution is 2.33. The lowest BCUT2D eigenvalue weighted by Crippen LogP contribution is -2.27. The van der Waals surface area contributed by atoms with Crippen molar-refractivity contribution in [3.05, 3.63) is 42.7 Å². The highest BCUT2D eigenvalue weighted by atomic mass is 16.4. The number of aryl methyl sites for hydroxylation is 1. The second kappa shape index (κ2) is 7.58. The van der Waals surface area contributed by atoms with Gasteiger partial charge < -0.3 is 14.8 Å². The number of hydrogen-bond acceptors (Lipinski definition) is 7. The number of carboxylic acids is 1. The van der Waals surface area contributed by atoms with Gasteiger partial charge in [0.05, 0.1) is 24.7 Å². The number of fused-ring (bicyclic) bond motifs is 1. The summed E-state index contributed by atoms with van der Waals surface area (Å²) >= 11 is 0. The standard InChI is InChI=1S/C21H22N6O3/c1-21(2,3)25-19-14(20-24-15-6-4-5-7-17(15)30-20)10-13(11-22-19)16-12-23-27(26-16)9-8-18(28)29/h4-7,10-12H,8-9H2,1-3H3,(H,22,25)(H,28,29). The minimum absolute atomic E-state index is 0.0467. The second-order valence-corrected chi connectivity index (χ2v) is 7.95. The van der Waals surface area contributed by atoms with E-state index in [9.17, 15) is 4.79 Å². The van der Waals surface area contributed by atoms with Crippen LogP contribution in [0, 0.1) is 0 Å². The predicted molar refractivity (Wildman–Crippen MR) is 112 cm³/mol. The minimum atomic E-state index is -0.897. The average Bonchev–Trinajstić information content (AvgIpc) is 3.32. The Morgan fingerprint density at radius 2 is 2.03 bits per heavy atom. The van der Waals surface area contributed by atoms with E-state index < -0.39 is 5.97 Å². The van der Waals surface area contributed by atoms with E-state index >= 15 is 0 Å². The summed E-state index contributed by atoms with van der Waals surface area (Å²) in [5.74, 6) is 0.206. The van der Waals surface area contributed by atoms with Gasteiger partial charge in [-0.15, -0.1) is 0 Å². The average molecular weight is 406 g/mol. The first kappa shape index (κ1) is 19.6. The van der Waals surface area contributed by atoms with Gasteiger partial charge in [0.2, 0.25) is 5.89 Å². The number of benzene rings is 1. The summed E-state index contributed by atoms with van der Waals surface area (Å²) in [4.78, 5) is 21.3. The monoisotopic (exact) mass is 406 g/mol. The van der Waals surface area contributed by atoms with Crippen molar-refractivity contribution in [2.45, 2.75) is 39.3 Å². The van der Waals surface area contributed by atoms with Crippen molar-refractivity contribution in [1.29, 1.82) is 0 Å². The smallest absolute Gasteiger partial charge is 0.305 e. The molecule has 0 aliphatic heterocycles. The molecule has 4 aromatic rings. The summed E-state index contributed by atoms with van der Waals surface area (Å²) in [6, 6.07) is 9.47. The summed E-state index contributed by atoms with van der Waals surface area (Å²) in [6.07, 6.45) is 3.24. The molecule has 154 valence electrons. The molecule has 0 unspecified atom stereocenters. The van der Waals surface area contributed by atoms with Crippen molar-refractivity contribution in [3.63, 3.8) is 0 Å². The molecular formula is C21H22N6O3. The van der Waals surface area contributed by atoms with E-state index in [1.807, 2.05) is 51.1 Å². The highest BCUT2D eigenvalue weighted by molar-refractivity contribution is 5.81. The summed E-state index contributed by atoms with van der Waals surface area (Å²) in [6.45, 7) is 6.34. The number of aliphatic carboxylic acids is 1. The van der Waals surface area contributed by atoms with Gasteiger partial charge in [-0.05, 0) is 39.0 Å². The van der Waals surface area contributed by atoms with Gasteiger partial charge in [-0.2, -0.15) is 15.0 Å². The second-order valence-electron chi connectivity index (χ2n) is 7.95. The Kier molecular flexibility index (Phi) is 4.94. The molecule has 0 saturated heterocycles. The zero-order chi connectivity index (χ0) is 21.3. The third-order valence-corrected chi connectivity index (χ3v) is 4.26. The first-order valence-corrected chi connectivity index (χ1v) is 9.55. The molecule has 0 atom stereocenters. The van der Waals surface area contributed by atoms with E-state index in [2.05, 4.69) is 25.5 Å². The fraction of sp³-hybridized carbons (Fsp3) is 0.286. The van der Waals surface area contributed by atoms with Gasteiger partial charge in [0.25, 0.3) is 0 Å². The van der Waals surface area contributed by atoms with Crippen molar-refractivity contribution < 1.29 is 14.3 Å². The first-order chi connectivity index (χ1) is 14.3. The molecule has 3 aromatic heterocycles. The lowest BCUT2D eigenvalue weighted by molar-refractivity contribution is -0.137.